The lowest BCUT2D eigenvalue weighted by Crippen LogP contribution is -2.36. The first-order chi connectivity index (χ1) is 7.73. The molecule has 7 heteroatoms. The smallest absolute Gasteiger partial charge is 0.323 e. The molecule has 0 aliphatic carbocycles. The molecule has 1 aromatic rings. The molecular formula is C10H13NO5S. The SMILES string of the molecule is CS(=O)(=O)c1ccc([C@H](O)[C@@H](N)C(=O)O)cc1. The number of rotatable bonds is 4. The third-order valence-corrected chi connectivity index (χ3v) is 3.40. The molecule has 0 bridgehead atoms. The summed E-state index contributed by atoms with van der Waals surface area (Å²) in [6, 6.07) is 3.82. The standard InChI is InChI=1S/C10H13NO5S/c1-17(15,16)7-4-2-6(3-5-7)9(12)8(11)10(13)14/h2-5,8-9,12H,11H2,1H3,(H,13,14)/t8-,9+/m1/s1. The first kappa shape index (κ1) is 13.6. The van der Waals surface area contributed by atoms with E-state index in [1.165, 1.54) is 24.3 Å². The van der Waals surface area contributed by atoms with Gasteiger partial charge in [0.2, 0.25) is 0 Å². The van der Waals surface area contributed by atoms with Crippen molar-refractivity contribution in [3.63, 3.8) is 0 Å². The molecule has 0 spiro atoms. The van der Waals surface area contributed by atoms with Crippen LogP contribution >= 0.6 is 0 Å². The van der Waals surface area contributed by atoms with Gasteiger partial charge >= 0.3 is 5.97 Å². The Balaban J connectivity index is 2.99. The van der Waals surface area contributed by atoms with Crippen LogP contribution in [-0.4, -0.2) is 36.9 Å². The third-order valence-electron chi connectivity index (χ3n) is 2.28. The highest BCUT2D eigenvalue weighted by Crippen LogP contribution is 2.18. The molecule has 0 aliphatic heterocycles. The maximum atomic E-state index is 11.2. The first-order valence-corrected chi connectivity index (χ1v) is 6.59. The van der Waals surface area contributed by atoms with Crippen LogP contribution in [0.3, 0.4) is 0 Å². The van der Waals surface area contributed by atoms with Crippen molar-refractivity contribution < 1.29 is 23.4 Å². The molecule has 0 amide bonds. The Morgan fingerprint density at radius 1 is 1.29 bits per heavy atom. The van der Waals surface area contributed by atoms with E-state index in [-0.39, 0.29) is 10.5 Å². The molecule has 0 aromatic heterocycles. The minimum absolute atomic E-state index is 0.0948. The zero-order valence-electron chi connectivity index (χ0n) is 9.07. The Bertz CT molecular complexity index is 508. The summed E-state index contributed by atoms with van der Waals surface area (Å²) in [7, 11) is -3.31. The van der Waals surface area contributed by atoms with Gasteiger partial charge in [-0.2, -0.15) is 0 Å². The van der Waals surface area contributed by atoms with E-state index >= 15 is 0 Å². The van der Waals surface area contributed by atoms with Crippen molar-refractivity contribution >= 4 is 15.8 Å². The molecule has 4 N–H and O–H groups in total. The number of sulfone groups is 1. The van der Waals surface area contributed by atoms with Gasteiger partial charge in [-0.3, -0.25) is 4.79 Å². The molecule has 0 aliphatic rings. The molecule has 6 nitrogen and oxygen atoms in total. The van der Waals surface area contributed by atoms with Crippen LogP contribution in [0.2, 0.25) is 0 Å². The van der Waals surface area contributed by atoms with Crippen molar-refractivity contribution in [1.29, 1.82) is 0 Å². The quantitative estimate of drug-likeness (QED) is 0.673. The number of carbonyl (C=O) groups is 1. The number of aliphatic carboxylic acids is 1. The summed E-state index contributed by atoms with van der Waals surface area (Å²) in [5.74, 6) is -1.33. The van der Waals surface area contributed by atoms with Crippen molar-refractivity contribution in [2.75, 3.05) is 6.26 Å². The highest BCUT2D eigenvalue weighted by molar-refractivity contribution is 7.90. The lowest BCUT2D eigenvalue weighted by molar-refractivity contribution is -0.141. The highest BCUT2D eigenvalue weighted by atomic mass is 32.2. The van der Waals surface area contributed by atoms with Crippen molar-refractivity contribution in [2.24, 2.45) is 5.73 Å². The molecule has 0 heterocycles. The van der Waals surface area contributed by atoms with Crippen LogP contribution in [0.1, 0.15) is 11.7 Å². The average Bonchev–Trinajstić information content (AvgIpc) is 2.26. The molecule has 0 unspecified atom stereocenters. The minimum Gasteiger partial charge on any atom is -0.480 e. The van der Waals surface area contributed by atoms with E-state index < -0.39 is 28.0 Å². The molecule has 2 atom stereocenters. The largest absolute Gasteiger partial charge is 0.480 e. The number of hydrogen-bond acceptors (Lipinski definition) is 5. The van der Waals surface area contributed by atoms with Crippen molar-refractivity contribution in [2.45, 2.75) is 17.0 Å². The highest BCUT2D eigenvalue weighted by Gasteiger charge is 2.23. The van der Waals surface area contributed by atoms with E-state index in [0.29, 0.717) is 0 Å². The van der Waals surface area contributed by atoms with Crippen LogP contribution in [0.5, 0.6) is 0 Å². The lowest BCUT2D eigenvalue weighted by Gasteiger charge is -2.15. The van der Waals surface area contributed by atoms with Crippen LogP contribution in [0, 0.1) is 0 Å². The number of benzene rings is 1. The van der Waals surface area contributed by atoms with Gasteiger partial charge in [0, 0.05) is 6.26 Å². The van der Waals surface area contributed by atoms with Gasteiger partial charge in [0.25, 0.3) is 0 Å². The maximum absolute atomic E-state index is 11.2. The number of aliphatic hydroxyl groups excluding tert-OH is 1. The number of aliphatic hydroxyl groups is 1. The predicted molar refractivity (Wildman–Crippen MR) is 60.1 cm³/mol. The van der Waals surface area contributed by atoms with E-state index in [2.05, 4.69) is 0 Å². The Morgan fingerprint density at radius 2 is 1.76 bits per heavy atom. The van der Waals surface area contributed by atoms with Crippen LogP contribution in [0.15, 0.2) is 29.2 Å². The second kappa shape index (κ2) is 4.82. The molecule has 0 radical (unpaired) electrons. The molecule has 17 heavy (non-hydrogen) atoms. The second-order valence-electron chi connectivity index (χ2n) is 3.65. The van der Waals surface area contributed by atoms with E-state index in [4.69, 9.17) is 10.8 Å². The van der Waals surface area contributed by atoms with Crippen LogP contribution in [-0.2, 0) is 14.6 Å². The molecule has 0 fully saturated rings. The zero-order valence-corrected chi connectivity index (χ0v) is 9.89. The Labute approximate surface area is 98.6 Å². The van der Waals surface area contributed by atoms with Crippen LogP contribution < -0.4 is 5.73 Å². The van der Waals surface area contributed by atoms with E-state index in [0.717, 1.165) is 6.26 Å². The van der Waals surface area contributed by atoms with E-state index in [9.17, 15) is 18.3 Å². The van der Waals surface area contributed by atoms with Gasteiger partial charge in [-0.1, -0.05) is 12.1 Å². The van der Waals surface area contributed by atoms with E-state index in [1.807, 2.05) is 0 Å². The molecular weight excluding hydrogens is 246 g/mol. The zero-order chi connectivity index (χ0) is 13.2. The first-order valence-electron chi connectivity index (χ1n) is 4.70. The molecule has 0 saturated heterocycles. The molecule has 0 saturated carbocycles. The van der Waals surface area contributed by atoms with Gasteiger partial charge in [-0.25, -0.2) is 8.42 Å². The average molecular weight is 259 g/mol. The van der Waals surface area contributed by atoms with Crippen molar-refractivity contribution in [1.82, 2.24) is 0 Å². The summed E-state index contributed by atoms with van der Waals surface area (Å²) >= 11 is 0. The number of carboxylic acid groups (broad SMARTS) is 1. The number of carboxylic acids is 1. The summed E-state index contributed by atoms with van der Waals surface area (Å²) in [6.07, 6.45) is -0.317. The third kappa shape index (κ3) is 3.26. The van der Waals surface area contributed by atoms with Crippen LogP contribution in [0.25, 0.3) is 0 Å². The monoisotopic (exact) mass is 259 g/mol. The van der Waals surface area contributed by atoms with Gasteiger partial charge in [0.1, 0.15) is 12.1 Å². The van der Waals surface area contributed by atoms with Gasteiger partial charge in [-0.05, 0) is 17.7 Å². The predicted octanol–water partition coefficient (Wildman–Crippen LogP) is -0.465. The van der Waals surface area contributed by atoms with Gasteiger partial charge in [0.05, 0.1) is 4.90 Å². The summed E-state index contributed by atoms with van der Waals surface area (Å²) in [5.41, 5.74) is 5.50. The van der Waals surface area contributed by atoms with Crippen molar-refractivity contribution in [3.8, 4) is 0 Å². The van der Waals surface area contributed by atoms with Gasteiger partial charge in [-0.15, -0.1) is 0 Å². The number of nitrogens with two attached hydrogens (primary N) is 1. The molecule has 94 valence electrons. The fourth-order valence-electron chi connectivity index (χ4n) is 1.25. The Morgan fingerprint density at radius 3 is 2.12 bits per heavy atom. The topological polar surface area (TPSA) is 118 Å². The lowest BCUT2D eigenvalue weighted by atomic mass is 10.0. The Kier molecular flexibility index (Phi) is 3.87. The van der Waals surface area contributed by atoms with Gasteiger partial charge in [0.15, 0.2) is 9.84 Å². The van der Waals surface area contributed by atoms with Crippen LogP contribution in [0.4, 0.5) is 0 Å². The Hall–Kier alpha value is -1.44. The van der Waals surface area contributed by atoms with Gasteiger partial charge < -0.3 is 15.9 Å². The summed E-state index contributed by atoms with van der Waals surface area (Å²) in [4.78, 5) is 10.7. The summed E-state index contributed by atoms with van der Waals surface area (Å²) in [6.45, 7) is 0. The van der Waals surface area contributed by atoms with Crippen molar-refractivity contribution in [3.05, 3.63) is 29.8 Å². The summed E-state index contributed by atoms with van der Waals surface area (Å²) in [5, 5.41) is 18.2. The number of hydrogen-bond donors (Lipinski definition) is 3. The molecule has 1 rings (SSSR count). The maximum Gasteiger partial charge on any atom is 0.323 e. The fourth-order valence-corrected chi connectivity index (χ4v) is 1.89. The minimum atomic E-state index is -3.31. The summed E-state index contributed by atoms with van der Waals surface area (Å²) < 4.78 is 22.3. The van der Waals surface area contributed by atoms with E-state index in [1.54, 1.807) is 0 Å². The fraction of sp³-hybridized carbons (Fsp3) is 0.300. The normalized spacial score (nSPS) is 15.2. The second-order valence-corrected chi connectivity index (χ2v) is 5.67. The molecule has 1 aromatic carbocycles.